The molecule has 0 radical (unpaired) electrons. The van der Waals surface area contributed by atoms with Crippen LogP contribution in [0.3, 0.4) is 0 Å². The van der Waals surface area contributed by atoms with Gasteiger partial charge in [0.05, 0.1) is 22.1 Å². The summed E-state index contributed by atoms with van der Waals surface area (Å²) in [5, 5.41) is 1.87. The van der Waals surface area contributed by atoms with E-state index in [4.69, 9.17) is 10.8 Å². The van der Waals surface area contributed by atoms with Crippen molar-refractivity contribution in [2.45, 2.75) is 0 Å². The first-order chi connectivity index (χ1) is 15.2. The fourth-order valence-corrected chi connectivity index (χ4v) is 4.09. The molecule has 0 aliphatic carbocycles. The van der Waals surface area contributed by atoms with E-state index in [1.54, 1.807) is 6.20 Å². The van der Waals surface area contributed by atoms with Crippen LogP contribution in [-0.4, -0.2) is 56.1 Å². The van der Waals surface area contributed by atoms with Crippen LogP contribution in [0.25, 0.3) is 45.0 Å². The summed E-state index contributed by atoms with van der Waals surface area (Å²) in [5.41, 5.74) is 6.88. The minimum absolute atomic E-state index is 0.763. The predicted molar refractivity (Wildman–Crippen MR) is 122 cm³/mol. The van der Waals surface area contributed by atoms with E-state index in [1.165, 1.54) is 5.69 Å². The van der Waals surface area contributed by atoms with Crippen molar-refractivity contribution >= 4 is 27.8 Å². The minimum Gasteiger partial charge on any atom is -0.369 e. The van der Waals surface area contributed by atoms with Crippen molar-refractivity contribution in [2.24, 2.45) is 5.84 Å². The van der Waals surface area contributed by atoms with Crippen molar-refractivity contribution < 1.29 is 0 Å². The summed E-state index contributed by atoms with van der Waals surface area (Å²) in [4.78, 5) is 23.1. The van der Waals surface area contributed by atoms with Crippen molar-refractivity contribution in [1.82, 2.24) is 29.9 Å². The van der Waals surface area contributed by atoms with Gasteiger partial charge in [-0.1, -0.05) is 6.07 Å². The largest absolute Gasteiger partial charge is 0.369 e. The second kappa shape index (κ2) is 7.19. The molecule has 4 heterocycles. The Morgan fingerprint density at radius 2 is 1.52 bits per heavy atom. The van der Waals surface area contributed by atoms with Crippen LogP contribution < -0.4 is 10.7 Å². The summed E-state index contributed by atoms with van der Waals surface area (Å²) in [5.74, 6) is 7.49. The van der Waals surface area contributed by atoms with Crippen molar-refractivity contribution in [1.29, 1.82) is 0 Å². The first-order valence-corrected chi connectivity index (χ1v) is 10.4. The lowest BCUT2D eigenvalue weighted by atomic mass is 10.2. The molecule has 8 nitrogen and oxygen atoms in total. The number of hydrogen-bond donors (Lipinski definition) is 3. The summed E-state index contributed by atoms with van der Waals surface area (Å²) in [7, 11) is 0. The molecule has 0 saturated carbocycles. The number of piperazine rings is 1. The number of aromatic nitrogens is 5. The zero-order valence-corrected chi connectivity index (χ0v) is 16.9. The number of nitrogens with two attached hydrogens (primary N) is 1. The fourth-order valence-electron chi connectivity index (χ4n) is 4.09. The minimum atomic E-state index is 0.763. The highest BCUT2D eigenvalue weighted by Gasteiger charge is 2.16. The summed E-state index contributed by atoms with van der Waals surface area (Å²) < 4.78 is 0. The molecule has 4 N–H and O–H groups in total. The molecule has 0 atom stereocenters. The van der Waals surface area contributed by atoms with Crippen LogP contribution in [0.15, 0.2) is 60.8 Å². The van der Waals surface area contributed by atoms with E-state index in [9.17, 15) is 0 Å². The molecule has 31 heavy (non-hydrogen) atoms. The molecular formula is C23H22N8. The van der Waals surface area contributed by atoms with Gasteiger partial charge in [0.2, 0.25) is 0 Å². The average molecular weight is 410 g/mol. The number of imidazole rings is 2. The smallest absolute Gasteiger partial charge is 0.157 e. The van der Waals surface area contributed by atoms with Crippen molar-refractivity contribution in [2.75, 3.05) is 31.1 Å². The molecule has 0 amide bonds. The Morgan fingerprint density at radius 3 is 2.32 bits per heavy atom. The molecule has 1 aliphatic heterocycles. The number of hydrazine groups is 1. The second-order valence-corrected chi connectivity index (χ2v) is 7.84. The molecule has 5 aromatic rings. The molecule has 0 unspecified atom stereocenters. The average Bonchev–Trinajstić information content (AvgIpc) is 3.43. The number of fused-ring (bicyclic) bond motifs is 2. The standard InChI is InChI=1S/C23H22N8/c24-31-11-9-30(10-12-31)16-5-7-18-21(14-16)28-22(26-18)15-4-6-17-20(13-15)29-23(27-17)19-3-1-2-8-25-19/h1-8,13-14H,9-12,24H2,(H,26,28)(H,27,29). The number of H-pyrrole nitrogens is 2. The normalized spacial score (nSPS) is 15.2. The third-order valence-electron chi connectivity index (χ3n) is 5.81. The van der Waals surface area contributed by atoms with Crippen molar-refractivity contribution in [3.63, 3.8) is 0 Å². The summed E-state index contributed by atoms with van der Waals surface area (Å²) >= 11 is 0. The fraction of sp³-hybridized carbons (Fsp3) is 0.174. The quantitative estimate of drug-likeness (QED) is 0.395. The Morgan fingerprint density at radius 1 is 0.774 bits per heavy atom. The molecule has 0 spiro atoms. The molecule has 154 valence electrons. The monoisotopic (exact) mass is 410 g/mol. The zero-order chi connectivity index (χ0) is 20.8. The highest BCUT2D eigenvalue weighted by molar-refractivity contribution is 5.86. The molecule has 6 rings (SSSR count). The van der Waals surface area contributed by atoms with Gasteiger partial charge in [-0.2, -0.15) is 0 Å². The van der Waals surface area contributed by atoms with Gasteiger partial charge in [-0.3, -0.25) is 10.8 Å². The van der Waals surface area contributed by atoms with E-state index >= 15 is 0 Å². The molecule has 1 aliphatic rings. The van der Waals surface area contributed by atoms with E-state index in [2.05, 4.69) is 49.1 Å². The van der Waals surface area contributed by atoms with Gasteiger partial charge in [0.15, 0.2) is 5.82 Å². The Labute approximate surface area is 178 Å². The number of pyridine rings is 1. The maximum absolute atomic E-state index is 5.89. The molecule has 3 aromatic heterocycles. The number of rotatable bonds is 3. The first kappa shape index (κ1) is 18.1. The number of anilines is 1. The van der Waals surface area contributed by atoms with E-state index in [0.29, 0.717) is 0 Å². The summed E-state index contributed by atoms with van der Waals surface area (Å²) in [6, 6.07) is 18.3. The van der Waals surface area contributed by atoms with E-state index < -0.39 is 0 Å². The summed E-state index contributed by atoms with van der Waals surface area (Å²) in [6.07, 6.45) is 1.77. The van der Waals surface area contributed by atoms with Crippen LogP contribution in [-0.2, 0) is 0 Å². The molecule has 2 aromatic carbocycles. The number of hydrogen-bond acceptors (Lipinski definition) is 6. The molecule has 1 saturated heterocycles. The Kier molecular flexibility index (Phi) is 4.19. The van der Waals surface area contributed by atoms with Crippen LogP contribution in [0.2, 0.25) is 0 Å². The van der Waals surface area contributed by atoms with Gasteiger partial charge in [-0.15, -0.1) is 0 Å². The van der Waals surface area contributed by atoms with Crippen LogP contribution in [0.1, 0.15) is 0 Å². The number of benzene rings is 2. The van der Waals surface area contributed by atoms with Crippen LogP contribution >= 0.6 is 0 Å². The number of aromatic amines is 2. The topological polar surface area (TPSA) is 103 Å². The SMILES string of the molecule is NN1CCN(c2ccc3nc(-c4ccc5nc(-c6ccccn6)[nH]c5c4)[nH]c3c2)CC1. The van der Waals surface area contributed by atoms with Crippen LogP contribution in [0, 0.1) is 0 Å². The third kappa shape index (κ3) is 3.31. The van der Waals surface area contributed by atoms with Gasteiger partial charge >= 0.3 is 0 Å². The molecule has 1 fully saturated rings. The first-order valence-electron chi connectivity index (χ1n) is 10.4. The van der Waals surface area contributed by atoms with E-state index in [0.717, 1.165) is 71.2 Å². The maximum atomic E-state index is 5.89. The maximum Gasteiger partial charge on any atom is 0.157 e. The summed E-state index contributed by atoms with van der Waals surface area (Å²) in [6.45, 7) is 3.60. The lowest BCUT2D eigenvalue weighted by Crippen LogP contribution is -2.49. The lowest BCUT2D eigenvalue weighted by Gasteiger charge is -2.33. The lowest BCUT2D eigenvalue weighted by molar-refractivity contribution is 0.266. The van der Waals surface area contributed by atoms with Crippen LogP contribution in [0.4, 0.5) is 5.69 Å². The van der Waals surface area contributed by atoms with Gasteiger partial charge < -0.3 is 14.9 Å². The molecule has 8 heteroatoms. The Hall–Kier alpha value is -3.75. The Bertz CT molecular complexity index is 1360. The number of nitrogens with zero attached hydrogens (tertiary/aromatic N) is 5. The number of nitrogens with one attached hydrogen (secondary N) is 2. The van der Waals surface area contributed by atoms with E-state index in [1.807, 2.05) is 35.3 Å². The van der Waals surface area contributed by atoms with Crippen LogP contribution in [0.5, 0.6) is 0 Å². The molecule has 0 bridgehead atoms. The van der Waals surface area contributed by atoms with Crippen molar-refractivity contribution in [3.05, 3.63) is 60.8 Å². The van der Waals surface area contributed by atoms with Gasteiger partial charge in [-0.05, 0) is 48.5 Å². The van der Waals surface area contributed by atoms with Gasteiger partial charge in [-0.25, -0.2) is 15.0 Å². The Balaban J connectivity index is 1.33. The van der Waals surface area contributed by atoms with Gasteiger partial charge in [0.25, 0.3) is 0 Å². The predicted octanol–water partition coefficient (Wildman–Crippen LogP) is 3.16. The highest BCUT2D eigenvalue weighted by atomic mass is 15.4. The van der Waals surface area contributed by atoms with Gasteiger partial charge in [0.1, 0.15) is 11.5 Å². The third-order valence-corrected chi connectivity index (χ3v) is 5.81. The molecular weight excluding hydrogens is 388 g/mol. The van der Waals surface area contributed by atoms with Gasteiger partial charge in [0, 0.05) is 43.6 Å². The zero-order valence-electron chi connectivity index (χ0n) is 16.9. The highest BCUT2D eigenvalue weighted by Crippen LogP contribution is 2.27. The second-order valence-electron chi connectivity index (χ2n) is 7.84. The van der Waals surface area contributed by atoms with Crippen molar-refractivity contribution in [3.8, 4) is 22.9 Å². The van der Waals surface area contributed by atoms with E-state index in [-0.39, 0.29) is 0 Å².